The summed E-state index contributed by atoms with van der Waals surface area (Å²) < 4.78 is 7.34. The molecular formula is C14H21N3O2. The first-order valence-corrected chi connectivity index (χ1v) is 7.12. The van der Waals surface area contributed by atoms with Crippen LogP contribution in [0.3, 0.4) is 0 Å². The van der Waals surface area contributed by atoms with Crippen molar-refractivity contribution in [2.45, 2.75) is 38.1 Å². The van der Waals surface area contributed by atoms with Crippen LogP contribution in [0.1, 0.15) is 43.0 Å². The molecule has 5 heteroatoms. The Labute approximate surface area is 113 Å². The van der Waals surface area contributed by atoms with Gasteiger partial charge in [0.05, 0.1) is 18.8 Å². The summed E-state index contributed by atoms with van der Waals surface area (Å²) in [5, 5.41) is 7.35. The van der Waals surface area contributed by atoms with E-state index in [0.29, 0.717) is 5.92 Å². The molecule has 1 saturated carbocycles. The van der Waals surface area contributed by atoms with Gasteiger partial charge in [0.15, 0.2) is 0 Å². The largest absolute Gasteiger partial charge is 0.371 e. The van der Waals surface area contributed by atoms with E-state index < -0.39 is 0 Å². The van der Waals surface area contributed by atoms with Crippen LogP contribution in [0, 0.1) is 5.92 Å². The van der Waals surface area contributed by atoms with Crippen molar-refractivity contribution in [2.24, 2.45) is 13.0 Å². The summed E-state index contributed by atoms with van der Waals surface area (Å²) in [6.07, 6.45) is 7.53. The van der Waals surface area contributed by atoms with Crippen LogP contribution < -0.4 is 5.32 Å². The molecule has 1 N–H and O–H groups in total. The van der Waals surface area contributed by atoms with Crippen LogP contribution in [0.15, 0.2) is 6.20 Å². The van der Waals surface area contributed by atoms with Crippen molar-refractivity contribution >= 4 is 5.91 Å². The van der Waals surface area contributed by atoms with Gasteiger partial charge in [0.1, 0.15) is 6.61 Å². The number of nitrogens with one attached hydrogen (secondary N) is 1. The zero-order valence-corrected chi connectivity index (χ0v) is 11.4. The number of fused-ring (bicyclic) bond motifs is 1. The number of carbonyl (C=O) groups is 1. The lowest BCUT2D eigenvalue weighted by atomic mass is 9.93. The highest BCUT2D eigenvalue weighted by Crippen LogP contribution is 2.30. The van der Waals surface area contributed by atoms with E-state index in [-0.39, 0.29) is 18.6 Å². The van der Waals surface area contributed by atoms with Crippen LogP contribution in [0.5, 0.6) is 0 Å². The average molecular weight is 263 g/mol. The van der Waals surface area contributed by atoms with Gasteiger partial charge in [-0.3, -0.25) is 9.48 Å². The standard InChI is InChI=1S/C14H21N3O2/c1-17-13-4-2-3-12(11(13)7-15-17)16-14(18)9-19-8-10-5-6-10/h7,10,12H,2-6,8-9H2,1H3,(H,16,18). The second kappa shape index (κ2) is 5.33. The Bertz CT molecular complexity index is 465. The molecule has 1 atom stereocenters. The van der Waals surface area contributed by atoms with E-state index >= 15 is 0 Å². The molecule has 1 aromatic heterocycles. The van der Waals surface area contributed by atoms with Gasteiger partial charge in [-0.1, -0.05) is 0 Å². The van der Waals surface area contributed by atoms with Crippen molar-refractivity contribution in [3.8, 4) is 0 Å². The molecular weight excluding hydrogens is 242 g/mol. The molecule has 0 aliphatic heterocycles. The molecule has 19 heavy (non-hydrogen) atoms. The number of hydrogen-bond donors (Lipinski definition) is 1. The monoisotopic (exact) mass is 263 g/mol. The highest BCUT2D eigenvalue weighted by atomic mass is 16.5. The molecule has 0 saturated heterocycles. The molecule has 1 heterocycles. The molecule has 2 aliphatic carbocycles. The molecule has 1 aromatic rings. The zero-order chi connectivity index (χ0) is 13.2. The summed E-state index contributed by atoms with van der Waals surface area (Å²) in [5.41, 5.74) is 2.42. The molecule has 1 amide bonds. The first kappa shape index (κ1) is 12.7. The Morgan fingerprint density at radius 2 is 2.37 bits per heavy atom. The van der Waals surface area contributed by atoms with Gasteiger partial charge < -0.3 is 10.1 Å². The Kier molecular flexibility index (Phi) is 3.55. The molecule has 3 rings (SSSR count). The molecule has 2 aliphatic rings. The topological polar surface area (TPSA) is 56.2 Å². The Hall–Kier alpha value is -1.36. The molecule has 1 unspecified atom stereocenters. The minimum Gasteiger partial charge on any atom is -0.371 e. The van der Waals surface area contributed by atoms with E-state index in [0.717, 1.165) is 25.9 Å². The van der Waals surface area contributed by atoms with Crippen LogP contribution in [0.2, 0.25) is 0 Å². The fraction of sp³-hybridized carbons (Fsp3) is 0.714. The van der Waals surface area contributed by atoms with Gasteiger partial charge in [0.2, 0.25) is 5.91 Å². The first-order chi connectivity index (χ1) is 9.24. The van der Waals surface area contributed by atoms with E-state index in [1.54, 1.807) is 0 Å². The quantitative estimate of drug-likeness (QED) is 0.872. The van der Waals surface area contributed by atoms with E-state index in [9.17, 15) is 4.79 Å². The number of ether oxygens (including phenoxy) is 1. The van der Waals surface area contributed by atoms with Crippen LogP contribution in [0.25, 0.3) is 0 Å². The summed E-state index contributed by atoms with van der Waals surface area (Å²) in [7, 11) is 1.96. The van der Waals surface area contributed by atoms with Crippen LogP contribution in [0.4, 0.5) is 0 Å². The summed E-state index contributed by atoms with van der Waals surface area (Å²) in [4.78, 5) is 11.9. The highest BCUT2D eigenvalue weighted by Gasteiger charge is 2.25. The molecule has 0 aromatic carbocycles. The van der Waals surface area contributed by atoms with Crippen molar-refractivity contribution in [1.29, 1.82) is 0 Å². The zero-order valence-electron chi connectivity index (χ0n) is 11.4. The van der Waals surface area contributed by atoms with E-state index in [1.165, 1.54) is 24.1 Å². The fourth-order valence-corrected chi connectivity index (χ4v) is 2.69. The minimum atomic E-state index is -0.0117. The smallest absolute Gasteiger partial charge is 0.246 e. The lowest BCUT2D eigenvalue weighted by Crippen LogP contribution is -2.33. The van der Waals surface area contributed by atoms with E-state index in [2.05, 4.69) is 10.4 Å². The van der Waals surface area contributed by atoms with E-state index in [1.807, 2.05) is 17.9 Å². The Balaban J connectivity index is 1.53. The third kappa shape index (κ3) is 2.97. The number of aromatic nitrogens is 2. The van der Waals surface area contributed by atoms with Crippen molar-refractivity contribution in [3.63, 3.8) is 0 Å². The second-order valence-electron chi connectivity index (χ2n) is 5.64. The molecule has 0 radical (unpaired) electrons. The third-order valence-electron chi connectivity index (χ3n) is 3.99. The molecule has 104 valence electrons. The average Bonchev–Trinajstić information content (AvgIpc) is 3.14. The predicted molar refractivity (Wildman–Crippen MR) is 70.6 cm³/mol. The maximum absolute atomic E-state index is 11.9. The first-order valence-electron chi connectivity index (χ1n) is 7.12. The normalized spacial score (nSPS) is 22.1. The van der Waals surface area contributed by atoms with Gasteiger partial charge in [0.25, 0.3) is 0 Å². The van der Waals surface area contributed by atoms with Crippen molar-refractivity contribution in [1.82, 2.24) is 15.1 Å². The maximum Gasteiger partial charge on any atom is 0.246 e. The van der Waals surface area contributed by atoms with Gasteiger partial charge in [0, 0.05) is 18.3 Å². The number of amides is 1. The van der Waals surface area contributed by atoms with Crippen molar-refractivity contribution < 1.29 is 9.53 Å². The van der Waals surface area contributed by atoms with Gasteiger partial charge in [-0.05, 0) is 38.0 Å². The summed E-state index contributed by atoms with van der Waals surface area (Å²) in [5.74, 6) is 0.690. The lowest BCUT2D eigenvalue weighted by Gasteiger charge is -2.23. The highest BCUT2D eigenvalue weighted by molar-refractivity contribution is 5.77. The number of nitrogens with zero attached hydrogens (tertiary/aromatic N) is 2. The summed E-state index contributed by atoms with van der Waals surface area (Å²) >= 11 is 0. The molecule has 0 bridgehead atoms. The van der Waals surface area contributed by atoms with E-state index in [4.69, 9.17) is 4.74 Å². The fourth-order valence-electron chi connectivity index (χ4n) is 2.69. The van der Waals surface area contributed by atoms with Gasteiger partial charge >= 0.3 is 0 Å². The van der Waals surface area contributed by atoms with Crippen molar-refractivity contribution in [3.05, 3.63) is 17.5 Å². The van der Waals surface area contributed by atoms with Gasteiger partial charge in [-0.25, -0.2) is 0 Å². The molecule has 1 fully saturated rings. The Morgan fingerprint density at radius 3 is 3.16 bits per heavy atom. The lowest BCUT2D eigenvalue weighted by molar-refractivity contribution is -0.126. The SMILES string of the molecule is Cn1ncc2c1CCCC2NC(=O)COCC1CC1. The number of aryl methyl sites for hydroxylation is 1. The van der Waals surface area contributed by atoms with Gasteiger partial charge in [-0.2, -0.15) is 5.10 Å². The van der Waals surface area contributed by atoms with Crippen LogP contribution >= 0.6 is 0 Å². The number of carbonyl (C=O) groups excluding carboxylic acids is 1. The number of hydrogen-bond acceptors (Lipinski definition) is 3. The summed E-state index contributed by atoms with van der Waals surface area (Å²) in [6, 6.07) is 0.106. The Morgan fingerprint density at radius 1 is 1.53 bits per heavy atom. The minimum absolute atomic E-state index is 0.0117. The third-order valence-corrected chi connectivity index (χ3v) is 3.99. The van der Waals surface area contributed by atoms with Crippen molar-refractivity contribution in [2.75, 3.05) is 13.2 Å². The maximum atomic E-state index is 11.9. The number of rotatable bonds is 5. The predicted octanol–water partition coefficient (Wildman–Crippen LogP) is 1.34. The van der Waals surface area contributed by atoms with Crippen LogP contribution in [-0.2, 0) is 23.0 Å². The molecule has 0 spiro atoms. The summed E-state index contributed by atoms with van der Waals surface area (Å²) in [6.45, 7) is 0.916. The van der Waals surface area contributed by atoms with Gasteiger partial charge in [-0.15, -0.1) is 0 Å². The molecule has 5 nitrogen and oxygen atoms in total. The van der Waals surface area contributed by atoms with Crippen LogP contribution in [-0.4, -0.2) is 28.9 Å². The second-order valence-corrected chi connectivity index (χ2v) is 5.64.